The minimum atomic E-state index is -0.174. The summed E-state index contributed by atoms with van der Waals surface area (Å²) in [5.74, 6) is 0.895. The van der Waals surface area contributed by atoms with E-state index in [9.17, 15) is 4.79 Å². The van der Waals surface area contributed by atoms with Gasteiger partial charge in [-0.05, 0) is 82.6 Å². The van der Waals surface area contributed by atoms with Crippen LogP contribution in [0.25, 0.3) is 0 Å². The van der Waals surface area contributed by atoms with Gasteiger partial charge in [0.15, 0.2) is 6.61 Å². The van der Waals surface area contributed by atoms with Crippen LogP contribution in [-0.4, -0.2) is 12.5 Å². The summed E-state index contributed by atoms with van der Waals surface area (Å²) in [5, 5.41) is 2.92. The average molecular weight is 497 g/mol. The van der Waals surface area contributed by atoms with Gasteiger partial charge in [0.05, 0.1) is 5.69 Å². The second-order valence-electron chi connectivity index (χ2n) is 7.05. The second-order valence-corrected chi connectivity index (χ2v) is 8.76. The molecule has 2 aromatic carbocycles. The molecule has 0 aromatic heterocycles. The topological polar surface area (TPSA) is 38.3 Å². The summed E-state index contributed by atoms with van der Waals surface area (Å²) in [7, 11) is 0. The molecular weight excluding hydrogens is 470 g/mol. The SMILES string of the molecule is CCCCc1ccc(NC(=O)COc2cc(C)c(Br)cc2C(C)C)c(Br)c1. The third-order valence-electron chi connectivity index (χ3n) is 4.40. The van der Waals surface area contributed by atoms with Crippen molar-refractivity contribution >= 4 is 43.5 Å². The van der Waals surface area contributed by atoms with Crippen molar-refractivity contribution in [2.75, 3.05) is 11.9 Å². The van der Waals surface area contributed by atoms with E-state index in [0.717, 1.165) is 44.4 Å². The molecule has 0 spiro atoms. The molecule has 0 atom stereocenters. The highest BCUT2D eigenvalue weighted by molar-refractivity contribution is 9.10. The molecule has 0 bridgehead atoms. The van der Waals surface area contributed by atoms with Gasteiger partial charge in [0.2, 0.25) is 0 Å². The number of rotatable bonds is 8. The van der Waals surface area contributed by atoms with Crippen molar-refractivity contribution in [3.63, 3.8) is 0 Å². The number of anilines is 1. The first-order chi connectivity index (χ1) is 12.8. The first-order valence-electron chi connectivity index (χ1n) is 9.33. The molecule has 3 nitrogen and oxygen atoms in total. The maximum absolute atomic E-state index is 12.4. The number of benzene rings is 2. The van der Waals surface area contributed by atoms with E-state index in [1.807, 2.05) is 19.1 Å². The number of hydrogen-bond donors (Lipinski definition) is 1. The second kappa shape index (κ2) is 10.3. The Morgan fingerprint density at radius 3 is 2.52 bits per heavy atom. The molecule has 1 amide bonds. The summed E-state index contributed by atoms with van der Waals surface area (Å²) >= 11 is 7.11. The van der Waals surface area contributed by atoms with Gasteiger partial charge in [0, 0.05) is 8.95 Å². The van der Waals surface area contributed by atoms with E-state index in [2.05, 4.69) is 76.1 Å². The third-order valence-corrected chi connectivity index (χ3v) is 5.91. The molecule has 0 unspecified atom stereocenters. The van der Waals surface area contributed by atoms with Gasteiger partial charge in [-0.25, -0.2) is 0 Å². The minimum absolute atomic E-state index is 0.0230. The molecule has 1 N–H and O–H groups in total. The Hall–Kier alpha value is -1.33. The van der Waals surface area contributed by atoms with Crippen LogP contribution < -0.4 is 10.1 Å². The molecule has 146 valence electrons. The molecule has 0 aliphatic rings. The highest BCUT2D eigenvalue weighted by atomic mass is 79.9. The number of amides is 1. The lowest BCUT2D eigenvalue weighted by Crippen LogP contribution is -2.21. The molecule has 0 radical (unpaired) electrons. The number of ether oxygens (including phenoxy) is 1. The Morgan fingerprint density at radius 1 is 1.15 bits per heavy atom. The predicted octanol–water partition coefficient (Wildman–Crippen LogP) is 7.00. The number of carbonyl (C=O) groups excluding carboxylic acids is 1. The van der Waals surface area contributed by atoms with Crippen molar-refractivity contribution in [2.24, 2.45) is 0 Å². The maximum Gasteiger partial charge on any atom is 0.262 e. The van der Waals surface area contributed by atoms with Crippen molar-refractivity contribution in [3.8, 4) is 5.75 Å². The van der Waals surface area contributed by atoms with Crippen LogP contribution >= 0.6 is 31.9 Å². The van der Waals surface area contributed by atoms with Crippen LogP contribution in [0.1, 0.15) is 56.2 Å². The lowest BCUT2D eigenvalue weighted by molar-refractivity contribution is -0.118. The maximum atomic E-state index is 12.4. The first kappa shape index (κ1) is 22.0. The lowest BCUT2D eigenvalue weighted by Gasteiger charge is -2.16. The fourth-order valence-corrected chi connectivity index (χ4v) is 3.66. The summed E-state index contributed by atoms with van der Waals surface area (Å²) < 4.78 is 7.78. The summed E-state index contributed by atoms with van der Waals surface area (Å²) in [4.78, 5) is 12.4. The van der Waals surface area contributed by atoms with Crippen molar-refractivity contribution in [3.05, 3.63) is 56.0 Å². The van der Waals surface area contributed by atoms with Crippen LogP contribution in [0.2, 0.25) is 0 Å². The monoisotopic (exact) mass is 495 g/mol. The molecule has 2 aromatic rings. The van der Waals surface area contributed by atoms with Gasteiger partial charge >= 0.3 is 0 Å². The van der Waals surface area contributed by atoms with Crippen LogP contribution in [0.3, 0.4) is 0 Å². The van der Waals surface area contributed by atoms with Gasteiger partial charge in [0.25, 0.3) is 5.91 Å². The third kappa shape index (κ3) is 6.35. The van der Waals surface area contributed by atoms with Crippen LogP contribution in [0.4, 0.5) is 5.69 Å². The first-order valence-corrected chi connectivity index (χ1v) is 10.9. The van der Waals surface area contributed by atoms with Crippen molar-refractivity contribution in [1.82, 2.24) is 0 Å². The van der Waals surface area contributed by atoms with E-state index < -0.39 is 0 Å². The van der Waals surface area contributed by atoms with Gasteiger partial charge in [0.1, 0.15) is 5.75 Å². The largest absolute Gasteiger partial charge is 0.483 e. The quantitative estimate of drug-likeness (QED) is 0.427. The molecule has 2 rings (SSSR count). The zero-order chi connectivity index (χ0) is 20.0. The standard InChI is InChI=1S/C22H27Br2NO2/c1-5-6-7-16-8-9-20(19(24)11-16)25-22(26)13-27-21-10-15(4)18(23)12-17(21)14(2)3/h8-12,14H,5-7,13H2,1-4H3,(H,25,26). The van der Waals surface area contributed by atoms with Gasteiger partial charge in [-0.1, -0.05) is 49.2 Å². The Morgan fingerprint density at radius 2 is 1.89 bits per heavy atom. The molecular formula is C22H27Br2NO2. The summed E-state index contributed by atoms with van der Waals surface area (Å²) in [6, 6.07) is 10.1. The highest BCUT2D eigenvalue weighted by Gasteiger charge is 2.13. The van der Waals surface area contributed by atoms with Crippen molar-refractivity contribution < 1.29 is 9.53 Å². The molecule has 0 heterocycles. The molecule has 5 heteroatoms. The predicted molar refractivity (Wildman–Crippen MR) is 120 cm³/mol. The van der Waals surface area contributed by atoms with E-state index in [-0.39, 0.29) is 12.5 Å². The summed E-state index contributed by atoms with van der Waals surface area (Å²) in [6.07, 6.45) is 3.38. The normalized spacial score (nSPS) is 10.9. The van der Waals surface area contributed by atoms with E-state index in [1.54, 1.807) is 0 Å². The molecule has 0 saturated carbocycles. The number of carbonyl (C=O) groups is 1. The van der Waals surface area contributed by atoms with Gasteiger partial charge < -0.3 is 10.1 Å². The Kier molecular flexibility index (Phi) is 8.36. The smallest absolute Gasteiger partial charge is 0.262 e. The zero-order valence-corrected chi connectivity index (χ0v) is 19.5. The van der Waals surface area contributed by atoms with Gasteiger partial charge in [-0.15, -0.1) is 0 Å². The van der Waals surface area contributed by atoms with E-state index >= 15 is 0 Å². The van der Waals surface area contributed by atoms with Crippen LogP contribution in [0, 0.1) is 6.92 Å². The van der Waals surface area contributed by atoms with E-state index in [1.165, 1.54) is 12.0 Å². The number of hydrogen-bond acceptors (Lipinski definition) is 2. The Bertz CT molecular complexity index is 803. The summed E-state index contributed by atoms with van der Waals surface area (Å²) in [5.41, 5.74) is 4.20. The van der Waals surface area contributed by atoms with Gasteiger partial charge in [-0.3, -0.25) is 4.79 Å². The molecule has 0 fully saturated rings. The minimum Gasteiger partial charge on any atom is -0.483 e. The lowest BCUT2D eigenvalue weighted by atomic mass is 10.0. The number of nitrogens with one attached hydrogen (secondary N) is 1. The summed E-state index contributed by atoms with van der Waals surface area (Å²) in [6.45, 7) is 8.40. The molecule has 27 heavy (non-hydrogen) atoms. The number of unbranched alkanes of at least 4 members (excludes halogenated alkanes) is 1. The molecule has 0 aliphatic carbocycles. The highest BCUT2D eigenvalue weighted by Crippen LogP contribution is 2.32. The van der Waals surface area contributed by atoms with Crippen molar-refractivity contribution in [2.45, 2.75) is 52.9 Å². The van der Waals surface area contributed by atoms with E-state index in [4.69, 9.17) is 4.74 Å². The molecule has 0 aliphatic heterocycles. The average Bonchev–Trinajstić information content (AvgIpc) is 2.62. The van der Waals surface area contributed by atoms with Crippen molar-refractivity contribution in [1.29, 1.82) is 0 Å². The van der Waals surface area contributed by atoms with Crippen LogP contribution in [-0.2, 0) is 11.2 Å². The van der Waals surface area contributed by atoms with Crippen LogP contribution in [0.5, 0.6) is 5.75 Å². The number of halogens is 2. The fourth-order valence-electron chi connectivity index (χ4n) is 2.77. The van der Waals surface area contributed by atoms with Crippen LogP contribution in [0.15, 0.2) is 39.3 Å². The Balaban J connectivity index is 2.02. The van der Waals surface area contributed by atoms with Gasteiger partial charge in [-0.2, -0.15) is 0 Å². The fraction of sp³-hybridized carbons (Fsp3) is 0.409. The zero-order valence-electron chi connectivity index (χ0n) is 16.4. The Labute approximate surface area is 179 Å². The van der Waals surface area contributed by atoms with E-state index in [0.29, 0.717) is 5.92 Å². The molecule has 0 saturated heterocycles. The number of aryl methyl sites for hydroxylation is 2.